The highest BCUT2D eigenvalue weighted by Gasteiger charge is 2.19. The maximum absolute atomic E-state index is 2.37. The first-order valence-corrected chi connectivity index (χ1v) is 8.76. The SMILES string of the molecule is CC(C)(C)c1cc2cc3sc(C(C)(C)C)cc3cc2s1. The molecule has 0 saturated heterocycles. The first-order chi connectivity index (χ1) is 9.14. The summed E-state index contributed by atoms with van der Waals surface area (Å²) in [4.78, 5) is 2.95. The zero-order valence-electron chi connectivity index (χ0n) is 13.1. The summed E-state index contributed by atoms with van der Waals surface area (Å²) in [5.74, 6) is 0. The van der Waals surface area contributed by atoms with E-state index in [2.05, 4.69) is 65.8 Å². The van der Waals surface area contributed by atoms with E-state index in [9.17, 15) is 0 Å². The highest BCUT2D eigenvalue weighted by Crippen LogP contribution is 2.40. The molecule has 2 aromatic heterocycles. The predicted octanol–water partition coefficient (Wildman–Crippen LogP) is 6.71. The topological polar surface area (TPSA) is 0 Å². The van der Waals surface area contributed by atoms with E-state index in [1.54, 1.807) is 0 Å². The van der Waals surface area contributed by atoms with Crippen molar-refractivity contribution in [2.24, 2.45) is 0 Å². The molecule has 0 unspecified atom stereocenters. The molecule has 0 bridgehead atoms. The lowest BCUT2D eigenvalue weighted by Crippen LogP contribution is -2.07. The fourth-order valence-corrected chi connectivity index (χ4v) is 4.61. The first-order valence-electron chi connectivity index (χ1n) is 7.13. The van der Waals surface area contributed by atoms with Crippen LogP contribution in [-0.2, 0) is 10.8 Å². The Kier molecular flexibility index (Phi) is 3.04. The standard InChI is InChI=1S/C18H22S2/c1-17(2,3)15-9-11-7-14-12(8-13(11)19-15)10-16(20-14)18(4,5)6/h7-10H,1-6H3. The Bertz CT molecular complexity index is 659. The number of hydrogen-bond donors (Lipinski definition) is 0. The van der Waals surface area contributed by atoms with Crippen LogP contribution in [0.5, 0.6) is 0 Å². The van der Waals surface area contributed by atoms with Gasteiger partial charge in [0, 0.05) is 19.2 Å². The Labute approximate surface area is 129 Å². The van der Waals surface area contributed by atoms with Crippen LogP contribution in [-0.4, -0.2) is 0 Å². The minimum absolute atomic E-state index is 0.244. The monoisotopic (exact) mass is 302 g/mol. The quantitative estimate of drug-likeness (QED) is 0.433. The van der Waals surface area contributed by atoms with Gasteiger partial charge in [0.15, 0.2) is 0 Å². The van der Waals surface area contributed by atoms with Gasteiger partial charge in [0.2, 0.25) is 0 Å². The minimum Gasteiger partial charge on any atom is -0.140 e. The average Bonchev–Trinajstić information content (AvgIpc) is 2.85. The molecule has 0 saturated carbocycles. The van der Waals surface area contributed by atoms with Crippen molar-refractivity contribution in [3.8, 4) is 0 Å². The summed E-state index contributed by atoms with van der Waals surface area (Å²) in [6.45, 7) is 13.7. The van der Waals surface area contributed by atoms with E-state index in [4.69, 9.17) is 0 Å². The van der Waals surface area contributed by atoms with Crippen molar-refractivity contribution >= 4 is 42.8 Å². The van der Waals surface area contributed by atoms with Crippen molar-refractivity contribution in [3.05, 3.63) is 34.0 Å². The fraction of sp³-hybridized carbons (Fsp3) is 0.444. The van der Waals surface area contributed by atoms with E-state index in [1.807, 2.05) is 22.7 Å². The molecule has 0 atom stereocenters. The third-order valence-electron chi connectivity index (χ3n) is 3.63. The van der Waals surface area contributed by atoms with Crippen LogP contribution < -0.4 is 0 Å². The summed E-state index contributed by atoms with van der Waals surface area (Å²) in [5.41, 5.74) is 0.487. The second-order valence-corrected chi connectivity index (χ2v) is 9.82. The molecule has 3 rings (SSSR count). The van der Waals surface area contributed by atoms with E-state index in [-0.39, 0.29) is 10.8 Å². The smallest absolute Gasteiger partial charge is 0.0352 e. The Hall–Kier alpha value is -0.860. The van der Waals surface area contributed by atoms with E-state index in [0.717, 1.165) is 0 Å². The lowest BCUT2D eigenvalue weighted by molar-refractivity contribution is 0.604. The van der Waals surface area contributed by atoms with Gasteiger partial charge in [-0.25, -0.2) is 0 Å². The van der Waals surface area contributed by atoms with Crippen LogP contribution in [0.2, 0.25) is 0 Å². The third kappa shape index (κ3) is 2.40. The summed E-state index contributed by atoms with van der Waals surface area (Å²) >= 11 is 3.88. The van der Waals surface area contributed by atoms with Crippen molar-refractivity contribution in [1.29, 1.82) is 0 Å². The van der Waals surface area contributed by atoms with Crippen molar-refractivity contribution < 1.29 is 0 Å². The van der Waals surface area contributed by atoms with Gasteiger partial charge in [-0.05, 0) is 45.9 Å². The number of benzene rings is 1. The molecule has 0 radical (unpaired) electrons. The van der Waals surface area contributed by atoms with Crippen molar-refractivity contribution in [3.63, 3.8) is 0 Å². The molecule has 0 aliphatic rings. The molecular weight excluding hydrogens is 280 g/mol. The number of rotatable bonds is 0. The van der Waals surface area contributed by atoms with Crippen LogP contribution >= 0.6 is 22.7 Å². The summed E-state index contributed by atoms with van der Waals surface area (Å²) < 4.78 is 2.83. The van der Waals surface area contributed by atoms with Crippen LogP contribution in [0.3, 0.4) is 0 Å². The van der Waals surface area contributed by atoms with E-state index < -0.39 is 0 Å². The molecule has 3 aromatic rings. The van der Waals surface area contributed by atoms with E-state index in [1.165, 1.54) is 29.9 Å². The maximum atomic E-state index is 2.37. The molecule has 0 spiro atoms. The molecule has 2 heteroatoms. The average molecular weight is 303 g/mol. The van der Waals surface area contributed by atoms with Gasteiger partial charge in [-0.2, -0.15) is 0 Å². The van der Waals surface area contributed by atoms with Gasteiger partial charge in [0.25, 0.3) is 0 Å². The van der Waals surface area contributed by atoms with Gasteiger partial charge in [-0.1, -0.05) is 41.5 Å². The molecule has 1 aromatic carbocycles. The van der Waals surface area contributed by atoms with Crippen molar-refractivity contribution in [1.82, 2.24) is 0 Å². The highest BCUT2D eigenvalue weighted by molar-refractivity contribution is 7.20. The van der Waals surface area contributed by atoms with Crippen molar-refractivity contribution in [2.75, 3.05) is 0 Å². The van der Waals surface area contributed by atoms with Crippen LogP contribution in [0, 0.1) is 0 Å². The van der Waals surface area contributed by atoms with Crippen molar-refractivity contribution in [2.45, 2.75) is 52.4 Å². The number of thiophene rings is 2. The molecule has 0 aliphatic carbocycles. The second-order valence-electron chi connectivity index (χ2n) is 7.65. The number of hydrogen-bond acceptors (Lipinski definition) is 2. The summed E-state index contributed by atoms with van der Waals surface area (Å²) in [6, 6.07) is 9.48. The van der Waals surface area contributed by atoms with E-state index >= 15 is 0 Å². The zero-order valence-corrected chi connectivity index (χ0v) is 14.8. The summed E-state index contributed by atoms with van der Waals surface area (Å²) in [6.07, 6.45) is 0. The van der Waals surface area contributed by atoms with Crippen LogP contribution in [0.1, 0.15) is 51.3 Å². The lowest BCUT2D eigenvalue weighted by atomic mass is 9.94. The summed E-state index contributed by atoms with van der Waals surface area (Å²) in [5, 5.41) is 2.80. The minimum atomic E-state index is 0.244. The molecule has 106 valence electrons. The van der Waals surface area contributed by atoms with Gasteiger partial charge in [0.1, 0.15) is 0 Å². The Morgan fingerprint density at radius 2 is 0.950 bits per heavy atom. The molecule has 0 amide bonds. The van der Waals surface area contributed by atoms with Gasteiger partial charge >= 0.3 is 0 Å². The van der Waals surface area contributed by atoms with E-state index in [0.29, 0.717) is 0 Å². The molecule has 0 nitrogen and oxygen atoms in total. The van der Waals surface area contributed by atoms with Crippen LogP contribution in [0.4, 0.5) is 0 Å². The van der Waals surface area contributed by atoms with Gasteiger partial charge in [0.05, 0.1) is 0 Å². The molecule has 0 fully saturated rings. The summed E-state index contributed by atoms with van der Waals surface area (Å²) in [7, 11) is 0. The lowest BCUT2D eigenvalue weighted by Gasteiger charge is -2.15. The first kappa shape index (κ1) is 14.1. The third-order valence-corrected chi connectivity index (χ3v) is 6.68. The Morgan fingerprint density at radius 3 is 1.25 bits per heavy atom. The highest BCUT2D eigenvalue weighted by atomic mass is 32.1. The molecule has 0 N–H and O–H groups in total. The largest absolute Gasteiger partial charge is 0.140 e. The molecule has 20 heavy (non-hydrogen) atoms. The van der Waals surface area contributed by atoms with Gasteiger partial charge in [-0.15, -0.1) is 22.7 Å². The van der Waals surface area contributed by atoms with Crippen LogP contribution in [0.25, 0.3) is 20.2 Å². The zero-order chi connectivity index (χ0) is 14.7. The Morgan fingerprint density at radius 1 is 0.600 bits per heavy atom. The predicted molar refractivity (Wildman–Crippen MR) is 94.6 cm³/mol. The van der Waals surface area contributed by atoms with Crippen LogP contribution in [0.15, 0.2) is 24.3 Å². The molecule has 0 aliphatic heterocycles. The normalized spacial score (nSPS) is 13.5. The number of fused-ring (bicyclic) bond motifs is 2. The van der Waals surface area contributed by atoms with Gasteiger partial charge in [-0.3, -0.25) is 0 Å². The fourth-order valence-electron chi connectivity index (χ4n) is 2.31. The molecule has 2 heterocycles. The Balaban J connectivity index is 2.20. The maximum Gasteiger partial charge on any atom is 0.0352 e. The molecular formula is C18H22S2. The van der Waals surface area contributed by atoms with Gasteiger partial charge < -0.3 is 0 Å². The second kappa shape index (κ2) is 4.32.